The quantitative estimate of drug-likeness (QED) is 0.817. The molecule has 3 unspecified atom stereocenters. The molecule has 82 valence electrons. The van der Waals surface area contributed by atoms with E-state index < -0.39 is 0 Å². The Kier molecular flexibility index (Phi) is 3.60. The third kappa shape index (κ3) is 2.90. The molecular weight excluding hydrogens is 228 g/mol. The van der Waals surface area contributed by atoms with Crippen molar-refractivity contribution >= 4 is 23.4 Å². The fourth-order valence-corrected chi connectivity index (χ4v) is 3.03. The van der Waals surface area contributed by atoms with Gasteiger partial charge in [0.15, 0.2) is 0 Å². The van der Waals surface area contributed by atoms with E-state index in [9.17, 15) is 5.11 Å². The first-order chi connectivity index (χ1) is 7.18. The largest absolute Gasteiger partial charge is 0.392 e. The lowest BCUT2D eigenvalue weighted by Gasteiger charge is -2.09. The van der Waals surface area contributed by atoms with Gasteiger partial charge >= 0.3 is 0 Å². The van der Waals surface area contributed by atoms with Crippen molar-refractivity contribution in [2.24, 2.45) is 11.8 Å². The van der Waals surface area contributed by atoms with E-state index >= 15 is 0 Å². The van der Waals surface area contributed by atoms with Gasteiger partial charge < -0.3 is 5.11 Å². The van der Waals surface area contributed by atoms with Crippen LogP contribution in [0.5, 0.6) is 0 Å². The Bertz CT molecular complexity index is 342. The lowest BCUT2D eigenvalue weighted by Crippen LogP contribution is -2.13. The van der Waals surface area contributed by atoms with E-state index in [-0.39, 0.29) is 6.10 Å². The summed E-state index contributed by atoms with van der Waals surface area (Å²) in [5.41, 5.74) is 0. The zero-order chi connectivity index (χ0) is 10.8. The van der Waals surface area contributed by atoms with E-state index in [0.717, 1.165) is 15.7 Å². The molecule has 0 heterocycles. The maximum absolute atomic E-state index is 9.85. The number of benzene rings is 1. The minimum Gasteiger partial charge on any atom is -0.392 e. The molecule has 1 aliphatic carbocycles. The van der Waals surface area contributed by atoms with Crippen LogP contribution in [0.4, 0.5) is 0 Å². The van der Waals surface area contributed by atoms with Gasteiger partial charge in [-0.2, -0.15) is 0 Å². The Morgan fingerprint density at radius 3 is 2.80 bits per heavy atom. The zero-order valence-electron chi connectivity index (χ0n) is 8.69. The van der Waals surface area contributed by atoms with Crippen LogP contribution in [-0.4, -0.2) is 17.0 Å². The average Bonchev–Trinajstić information content (AvgIpc) is 2.94. The minimum atomic E-state index is -0.179. The molecule has 3 heteroatoms. The number of halogens is 1. The number of hydrogen-bond acceptors (Lipinski definition) is 2. The number of aliphatic hydroxyl groups excluding tert-OH is 1. The Morgan fingerprint density at radius 1 is 1.53 bits per heavy atom. The van der Waals surface area contributed by atoms with E-state index in [1.54, 1.807) is 11.8 Å². The van der Waals surface area contributed by atoms with Crippen LogP contribution in [0.1, 0.15) is 13.3 Å². The van der Waals surface area contributed by atoms with E-state index in [1.807, 2.05) is 24.3 Å². The smallest absolute Gasteiger partial charge is 0.0664 e. The summed E-state index contributed by atoms with van der Waals surface area (Å²) in [4.78, 5) is 1.06. The second-order valence-corrected chi connectivity index (χ2v) is 5.65. The molecule has 0 radical (unpaired) electrons. The van der Waals surface area contributed by atoms with Crippen LogP contribution in [0.3, 0.4) is 0 Å². The van der Waals surface area contributed by atoms with Gasteiger partial charge in [-0.3, -0.25) is 0 Å². The van der Waals surface area contributed by atoms with Crippen LogP contribution in [0, 0.1) is 11.8 Å². The van der Waals surface area contributed by atoms with E-state index in [1.165, 1.54) is 6.42 Å². The van der Waals surface area contributed by atoms with Gasteiger partial charge in [0.1, 0.15) is 0 Å². The van der Waals surface area contributed by atoms with E-state index in [0.29, 0.717) is 11.8 Å². The predicted molar refractivity (Wildman–Crippen MR) is 65.5 cm³/mol. The normalized spacial score (nSPS) is 26.3. The monoisotopic (exact) mass is 242 g/mol. The van der Waals surface area contributed by atoms with Crippen LogP contribution < -0.4 is 0 Å². The molecule has 1 nitrogen and oxygen atoms in total. The van der Waals surface area contributed by atoms with Crippen molar-refractivity contribution in [2.45, 2.75) is 24.3 Å². The molecule has 1 aromatic carbocycles. The van der Waals surface area contributed by atoms with Crippen molar-refractivity contribution in [2.75, 3.05) is 5.75 Å². The highest BCUT2D eigenvalue weighted by Crippen LogP contribution is 2.42. The average molecular weight is 243 g/mol. The van der Waals surface area contributed by atoms with Crippen LogP contribution in [-0.2, 0) is 0 Å². The maximum atomic E-state index is 9.85. The fraction of sp³-hybridized carbons (Fsp3) is 0.500. The van der Waals surface area contributed by atoms with Gasteiger partial charge in [-0.25, -0.2) is 0 Å². The molecule has 1 fully saturated rings. The van der Waals surface area contributed by atoms with Crippen molar-refractivity contribution in [3.8, 4) is 0 Å². The molecule has 0 spiro atoms. The maximum Gasteiger partial charge on any atom is 0.0664 e. The molecule has 0 bridgehead atoms. The van der Waals surface area contributed by atoms with Gasteiger partial charge in [-0.1, -0.05) is 30.7 Å². The Labute approximate surface area is 99.8 Å². The standard InChI is InChI=1S/C12H15ClOS/c1-8-6-9(8)11(14)7-15-12-5-3-2-4-10(12)13/h2-5,8-9,11,14H,6-7H2,1H3. The first-order valence-corrected chi connectivity index (χ1v) is 6.60. The molecule has 3 atom stereocenters. The fourth-order valence-electron chi connectivity index (χ4n) is 1.75. The van der Waals surface area contributed by atoms with Crippen molar-refractivity contribution in [3.05, 3.63) is 29.3 Å². The topological polar surface area (TPSA) is 20.2 Å². The van der Waals surface area contributed by atoms with Crippen LogP contribution in [0.25, 0.3) is 0 Å². The van der Waals surface area contributed by atoms with Crippen LogP contribution in [0.15, 0.2) is 29.2 Å². The third-order valence-corrected chi connectivity index (χ3v) is 4.53. The number of thioether (sulfide) groups is 1. The summed E-state index contributed by atoms with van der Waals surface area (Å²) < 4.78 is 0. The molecule has 0 aromatic heterocycles. The van der Waals surface area contributed by atoms with Gasteiger partial charge in [0.2, 0.25) is 0 Å². The highest BCUT2D eigenvalue weighted by atomic mass is 35.5. The molecule has 0 aliphatic heterocycles. The summed E-state index contributed by atoms with van der Waals surface area (Å²) in [6.07, 6.45) is 0.992. The number of hydrogen-bond donors (Lipinski definition) is 1. The summed E-state index contributed by atoms with van der Waals surface area (Å²) in [5, 5.41) is 10.6. The summed E-state index contributed by atoms with van der Waals surface area (Å²) in [6, 6.07) is 7.78. The van der Waals surface area contributed by atoms with Crippen LogP contribution in [0.2, 0.25) is 5.02 Å². The van der Waals surface area contributed by atoms with Gasteiger partial charge in [0.25, 0.3) is 0 Å². The van der Waals surface area contributed by atoms with E-state index in [4.69, 9.17) is 11.6 Å². The molecule has 2 rings (SSSR count). The van der Waals surface area contributed by atoms with Gasteiger partial charge in [-0.05, 0) is 30.4 Å². The van der Waals surface area contributed by atoms with Crippen LogP contribution >= 0.6 is 23.4 Å². The van der Waals surface area contributed by atoms with Gasteiger partial charge in [0, 0.05) is 10.6 Å². The van der Waals surface area contributed by atoms with Crippen molar-refractivity contribution in [1.82, 2.24) is 0 Å². The SMILES string of the molecule is CC1CC1C(O)CSc1ccccc1Cl. The predicted octanol–water partition coefficient (Wildman–Crippen LogP) is 3.45. The first kappa shape index (κ1) is 11.3. The second kappa shape index (κ2) is 4.77. The van der Waals surface area contributed by atoms with E-state index in [2.05, 4.69) is 6.92 Å². The Hall–Kier alpha value is -0.180. The lowest BCUT2D eigenvalue weighted by molar-refractivity contribution is 0.170. The molecular formula is C12H15ClOS. The second-order valence-electron chi connectivity index (χ2n) is 4.19. The molecule has 1 N–H and O–H groups in total. The van der Waals surface area contributed by atoms with Crippen molar-refractivity contribution < 1.29 is 5.11 Å². The summed E-state index contributed by atoms with van der Waals surface area (Å²) in [5.74, 6) is 1.96. The van der Waals surface area contributed by atoms with Gasteiger partial charge in [-0.15, -0.1) is 11.8 Å². The Morgan fingerprint density at radius 2 is 2.20 bits per heavy atom. The van der Waals surface area contributed by atoms with Crippen molar-refractivity contribution in [3.63, 3.8) is 0 Å². The highest BCUT2D eigenvalue weighted by Gasteiger charge is 2.38. The molecule has 1 aliphatic rings. The molecule has 15 heavy (non-hydrogen) atoms. The molecule has 0 saturated heterocycles. The minimum absolute atomic E-state index is 0.179. The zero-order valence-corrected chi connectivity index (χ0v) is 10.3. The van der Waals surface area contributed by atoms with Crippen molar-refractivity contribution in [1.29, 1.82) is 0 Å². The first-order valence-electron chi connectivity index (χ1n) is 5.24. The Balaban J connectivity index is 1.85. The molecule has 0 amide bonds. The summed E-state index contributed by atoms with van der Waals surface area (Å²) in [7, 11) is 0. The number of rotatable bonds is 4. The number of aliphatic hydroxyl groups is 1. The molecule has 1 saturated carbocycles. The summed E-state index contributed by atoms with van der Waals surface area (Å²) in [6.45, 7) is 2.19. The molecule has 1 aromatic rings. The third-order valence-electron chi connectivity index (χ3n) is 2.91. The highest BCUT2D eigenvalue weighted by molar-refractivity contribution is 7.99. The summed E-state index contributed by atoms with van der Waals surface area (Å²) >= 11 is 7.67. The lowest BCUT2D eigenvalue weighted by atomic mass is 10.2. The van der Waals surface area contributed by atoms with Gasteiger partial charge in [0.05, 0.1) is 11.1 Å².